The molecule has 0 saturated heterocycles. The Labute approximate surface area is 163 Å². The van der Waals surface area contributed by atoms with E-state index in [4.69, 9.17) is 0 Å². The zero-order valence-electron chi connectivity index (χ0n) is 15.3. The van der Waals surface area contributed by atoms with Gasteiger partial charge in [-0.25, -0.2) is 0 Å². The maximum absolute atomic E-state index is 4.68. The van der Waals surface area contributed by atoms with E-state index < -0.39 is 0 Å². The van der Waals surface area contributed by atoms with Crippen molar-refractivity contribution in [2.24, 2.45) is 0 Å². The van der Waals surface area contributed by atoms with Gasteiger partial charge in [0.25, 0.3) is 0 Å². The van der Waals surface area contributed by atoms with Gasteiger partial charge in [0.15, 0.2) is 0 Å². The minimum absolute atomic E-state index is 0.856. The van der Waals surface area contributed by atoms with Crippen LogP contribution in [-0.2, 0) is 19.3 Å². The largest absolute Gasteiger partial charge is 0.308 e. The molecule has 0 bridgehead atoms. The molecule has 0 amide bonds. The fourth-order valence-electron chi connectivity index (χ4n) is 5.18. The first-order valence-electron chi connectivity index (χ1n) is 9.81. The van der Waals surface area contributed by atoms with E-state index >= 15 is 0 Å². The maximum atomic E-state index is 4.68. The van der Waals surface area contributed by atoms with Crippen molar-refractivity contribution in [3.63, 3.8) is 0 Å². The summed E-state index contributed by atoms with van der Waals surface area (Å²) in [4.78, 5) is 11.6. The summed E-state index contributed by atoms with van der Waals surface area (Å²) in [7, 11) is 0. The molecule has 3 aliphatic rings. The van der Waals surface area contributed by atoms with Crippen LogP contribution in [0.5, 0.6) is 0 Å². The van der Waals surface area contributed by atoms with Gasteiger partial charge in [0.05, 0.1) is 22.8 Å². The van der Waals surface area contributed by atoms with E-state index in [0.29, 0.717) is 0 Å². The Kier molecular flexibility index (Phi) is 2.64. The van der Waals surface area contributed by atoms with E-state index in [1.54, 1.807) is 0 Å². The van der Waals surface area contributed by atoms with E-state index in [2.05, 4.69) is 57.3 Å². The number of pyridine rings is 2. The van der Waals surface area contributed by atoms with Crippen LogP contribution >= 0.6 is 0 Å². The van der Waals surface area contributed by atoms with Crippen LogP contribution in [0.2, 0.25) is 0 Å². The van der Waals surface area contributed by atoms with Crippen molar-refractivity contribution in [1.29, 1.82) is 0 Å². The number of nitrogens with zero attached hydrogens (tertiary/aromatic N) is 3. The van der Waals surface area contributed by atoms with Crippen molar-refractivity contribution in [1.82, 2.24) is 9.97 Å². The van der Waals surface area contributed by atoms with Crippen LogP contribution in [0.1, 0.15) is 33.5 Å². The summed E-state index contributed by atoms with van der Waals surface area (Å²) >= 11 is 0. The van der Waals surface area contributed by atoms with Crippen molar-refractivity contribution >= 4 is 17.1 Å². The summed E-state index contributed by atoms with van der Waals surface area (Å²) in [5, 5.41) is 0. The first-order chi connectivity index (χ1) is 13.9. The summed E-state index contributed by atoms with van der Waals surface area (Å²) < 4.78 is 0. The molecule has 0 unspecified atom stereocenters. The Morgan fingerprint density at radius 1 is 0.679 bits per heavy atom. The SMILES string of the molecule is c1ccc2c(c1)Cc1cc3c(cc1-2)Cc1cncc2c1N3c1cccnc1C2. The predicted octanol–water partition coefficient (Wildman–Crippen LogP) is 5.33. The zero-order chi connectivity index (χ0) is 18.2. The minimum atomic E-state index is 0.856. The van der Waals surface area contributed by atoms with Gasteiger partial charge in [-0.1, -0.05) is 24.3 Å². The molecular weight excluding hydrogens is 342 g/mol. The Balaban J connectivity index is 1.51. The highest BCUT2D eigenvalue weighted by molar-refractivity contribution is 5.91. The van der Waals surface area contributed by atoms with E-state index in [1.807, 2.05) is 24.7 Å². The summed E-state index contributed by atoms with van der Waals surface area (Å²) in [5.74, 6) is 0. The molecule has 0 spiro atoms. The molecule has 2 aliphatic heterocycles. The number of aromatic nitrogens is 2. The number of fused-ring (bicyclic) bond motifs is 7. The first-order valence-corrected chi connectivity index (χ1v) is 9.81. The molecule has 7 rings (SSSR count). The van der Waals surface area contributed by atoms with Gasteiger partial charge in [-0.15, -0.1) is 0 Å². The number of rotatable bonds is 0. The second-order valence-corrected chi connectivity index (χ2v) is 7.94. The molecule has 132 valence electrons. The van der Waals surface area contributed by atoms with Gasteiger partial charge in [-0.3, -0.25) is 9.97 Å². The molecule has 4 heterocycles. The molecule has 28 heavy (non-hydrogen) atoms. The fourth-order valence-corrected chi connectivity index (χ4v) is 5.18. The maximum Gasteiger partial charge on any atom is 0.0688 e. The lowest BCUT2D eigenvalue weighted by Gasteiger charge is -2.38. The second-order valence-electron chi connectivity index (χ2n) is 7.94. The first kappa shape index (κ1) is 14.6. The predicted molar refractivity (Wildman–Crippen MR) is 111 cm³/mol. The van der Waals surface area contributed by atoms with E-state index in [0.717, 1.165) is 25.0 Å². The van der Waals surface area contributed by atoms with Gasteiger partial charge in [0, 0.05) is 37.0 Å². The quantitative estimate of drug-likeness (QED) is 0.367. The minimum Gasteiger partial charge on any atom is -0.308 e. The summed E-state index contributed by atoms with van der Waals surface area (Å²) in [6.07, 6.45) is 8.75. The normalized spacial score (nSPS) is 14.6. The highest BCUT2D eigenvalue weighted by Gasteiger charge is 2.33. The highest BCUT2D eigenvalue weighted by atomic mass is 15.2. The molecule has 2 aromatic heterocycles. The average molecular weight is 359 g/mol. The smallest absolute Gasteiger partial charge is 0.0688 e. The van der Waals surface area contributed by atoms with Crippen LogP contribution in [0.25, 0.3) is 11.1 Å². The second kappa shape index (κ2) is 5.08. The molecule has 4 aromatic rings. The number of hydrogen-bond acceptors (Lipinski definition) is 3. The molecule has 3 heteroatoms. The monoisotopic (exact) mass is 359 g/mol. The fraction of sp³-hybridized carbons (Fsp3) is 0.120. The van der Waals surface area contributed by atoms with Crippen molar-refractivity contribution in [2.75, 3.05) is 4.90 Å². The molecule has 0 saturated carbocycles. The van der Waals surface area contributed by atoms with Crippen molar-refractivity contribution in [3.8, 4) is 11.1 Å². The van der Waals surface area contributed by atoms with Crippen molar-refractivity contribution in [3.05, 3.63) is 101 Å². The average Bonchev–Trinajstić information content (AvgIpc) is 3.09. The Bertz CT molecular complexity index is 1310. The standard InChI is InChI=1S/C25H17N3/c1-2-5-20-15(4-1)8-16-12-24-17(10-21(16)20)9-18-13-26-14-19-11-22-23(6-3-7-27-22)28(24)25(18)19/h1-7,10,12-14H,8-9,11H2. The highest BCUT2D eigenvalue weighted by Crippen LogP contribution is 2.51. The Hall–Kier alpha value is -3.46. The van der Waals surface area contributed by atoms with Gasteiger partial charge >= 0.3 is 0 Å². The third-order valence-corrected chi connectivity index (χ3v) is 6.37. The summed E-state index contributed by atoms with van der Waals surface area (Å²) in [6, 6.07) is 17.9. The van der Waals surface area contributed by atoms with Gasteiger partial charge < -0.3 is 4.90 Å². The molecule has 3 nitrogen and oxygen atoms in total. The van der Waals surface area contributed by atoms with Crippen LogP contribution in [-0.4, -0.2) is 9.97 Å². The third kappa shape index (κ3) is 1.79. The van der Waals surface area contributed by atoms with E-state index in [-0.39, 0.29) is 0 Å². The van der Waals surface area contributed by atoms with Crippen LogP contribution in [0.3, 0.4) is 0 Å². The van der Waals surface area contributed by atoms with Crippen molar-refractivity contribution in [2.45, 2.75) is 19.3 Å². The zero-order valence-corrected chi connectivity index (χ0v) is 15.3. The third-order valence-electron chi connectivity index (χ3n) is 6.37. The number of anilines is 3. The summed E-state index contributed by atoms with van der Waals surface area (Å²) in [5.41, 5.74) is 14.6. The van der Waals surface area contributed by atoms with Gasteiger partial charge in [0.2, 0.25) is 0 Å². The molecule has 1 aliphatic carbocycles. The molecule has 0 fully saturated rings. The molecule has 0 N–H and O–H groups in total. The lowest BCUT2D eigenvalue weighted by Crippen LogP contribution is -2.25. The van der Waals surface area contributed by atoms with Crippen LogP contribution in [0.15, 0.2) is 67.1 Å². The van der Waals surface area contributed by atoms with Crippen LogP contribution in [0.4, 0.5) is 17.1 Å². The molecule has 0 atom stereocenters. The van der Waals surface area contributed by atoms with Gasteiger partial charge in [-0.05, 0) is 64.1 Å². The molecule has 2 aromatic carbocycles. The lowest BCUT2D eigenvalue weighted by atomic mass is 9.88. The Morgan fingerprint density at radius 2 is 1.54 bits per heavy atom. The van der Waals surface area contributed by atoms with E-state index in [9.17, 15) is 0 Å². The topological polar surface area (TPSA) is 29.0 Å². The van der Waals surface area contributed by atoms with Crippen LogP contribution in [0, 0.1) is 0 Å². The number of hydrogen-bond donors (Lipinski definition) is 0. The van der Waals surface area contributed by atoms with E-state index in [1.165, 1.54) is 56.0 Å². The van der Waals surface area contributed by atoms with Gasteiger partial charge in [0.1, 0.15) is 0 Å². The number of benzene rings is 2. The van der Waals surface area contributed by atoms with Crippen molar-refractivity contribution < 1.29 is 0 Å². The summed E-state index contributed by atoms with van der Waals surface area (Å²) in [6.45, 7) is 0. The lowest BCUT2D eigenvalue weighted by molar-refractivity contribution is 0.951. The molecular formula is C25H17N3. The Morgan fingerprint density at radius 3 is 2.50 bits per heavy atom. The van der Waals surface area contributed by atoms with Gasteiger partial charge in [-0.2, -0.15) is 0 Å². The molecule has 0 radical (unpaired) electrons. The van der Waals surface area contributed by atoms with Crippen LogP contribution < -0.4 is 4.90 Å².